The number of cyclic esters (lactones) is 2. The summed E-state index contributed by atoms with van der Waals surface area (Å²) in [5.74, 6) is -2.23. The third-order valence-electron chi connectivity index (χ3n) is 2.65. The van der Waals surface area contributed by atoms with Crippen molar-refractivity contribution in [2.24, 2.45) is 0 Å². The first-order valence-corrected chi connectivity index (χ1v) is 6.47. The molecular weight excluding hydrogens is 298 g/mol. The molecule has 1 fully saturated rings. The number of esters is 2. The maximum atomic E-state index is 11.7. The maximum absolute atomic E-state index is 11.7. The molecule has 0 atom stereocenters. The summed E-state index contributed by atoms with van der Waals surface area (Å²) in [5.41, 5.74) is 0.361. The second-order valence-corrected chi connectivity index (χ2v) is 5.14. The summed E-state index contributed by atoms with van der Waals surface area (Å²) in [7, 11) is 1.51. The number of rotatable bonds is 3. The highest BCUT2D eigenvalue weighted by molar-refractivity contribution is 6.32. The molecule has 112 valence electrons. The topological polar surface area (TPSA) is 73.9 Å². The summed E-state index contributed by atoms with van der Waals surface area (Å²) >= 11 is 5.98. The molecule has 0 spiro atoms. The highest BCUT2D eigenvalue weighted by Gasteiger charge is 2.38. The fourth-order valence-corrected chi connectivity index (χ4v) is 1.95. The summed E-state index contributed by atoms with van der Waals surface area (Å²) < 4.78 is 15.0. The Morgan fingerprint density at radius 2 is 1.86 bits per heavy atom. The van der Waals surface area contributed by atoms with Gasteiger partial charge in [-0.3, -0.25) is 0 Å². The van der Waals surface area contributed by atoms with Crippen molar-refractivity contribution < 1.29 is 23.8 Å². The molecule has 7 heteroatoms. The highest BCUT2D eigenvalue weighted by Crippen LogP contribution is 2.28. The molecule has 0 bridgehead atoms. The first-order chi connectivity index (χ1) is 9.82. The third-order valence-corrected chi connectivity index (χ3v) is 2.95. The van der Waals surface area contributed by atoms with Crippen LogP contribution in [0.1, 0.15) is 13.8 Å². The van der Waals surface area contributed by atoms with E-state index in [1.807, 2.05) is 0 Å². The lowest BCUT2D eigenvalue weighted by atomic mass is 10.2. The molecule has 2 rings (SSSR count). The zero-order valence-electron chi connectivity index (χ0n) is 11.7. The van der Waals surface area contributed by atoms with Crippen molar-refractivity contribution in [2.75, 3.05) is 12.4 Å². The number of benzene rings is 1. The number of hydrogen-bond donors (Lipinski definition) is 1. The summed E-state index contributed by atoms with van der Waals surface area (Å²) in [6.07, 6.45) is 1.22. The van der Waals surface area contributed by atoms with E-state index in [2.05, 4.69) is 5.32 Å². The Kier molecular flexibility index (Phi) is 4.09. The average Bonchev–Trinajstić information content (AvgIpc) is 2.36. The number of methoxy groups -OCH3 is 1. The van der Waals surface area contributed by atoms with Gasteiger partial charge in [0.1, 0.15) is 5.75 Å². The van der Waals surface area contributed by atoms with Crippen molar-refractivity contribution in [1.29, 1.82) is 0 Å². The normalized spacial score (nSPS) is 16.9. The molecule has 6 nitrogen and oxygen atoms in total. The molecule has 21 heavy (non-hydrogen) atoms. The molecular formula is C14H14ClNO5. The van der Waals surface area contributed by atoms with Gasteiger partial charge in [0, 0.05) is 25.7 Å². The molecule has 1 N–H and O–H groups in total. The summed E-state index contributed by atoms with van der Waals surface area (Å²) in [6, 6.07) is 4.94. The van der Waals surface area contributed by atoms with Gasteiger partial charge in [0.15, 0.2) is 5.57 Å². The Hall–Kier alpha value is -2.21. The molecule has 1 aromatic rings. The summed E-state index contributed by atoms with van der Waals surface area (Å²) in [6.45, 7) is 2.96. The number of carbonyl (C=O) groups excluding carboxylic acids is 2. The van der Waals surface area contributed by atoms with E-state index in [4.69, 9.17) is 25.8 Å². The average molecular weight is 312 g/mol. The van der Waals surface area contributed by atoms with Crippen molar-refractivity contribution in [3.63, 3.8) is 0 Å². The van der Waals surface area contributed by atoms with Gasteiger partial charge in [0.25, 0.3) is 5.79 Å². The highest BCUT2D eigenvalue weighted by atomic mass is 35.5. The molecule has 0 saturated carbocycles. The zero-order chi connectivity index (χ0) is 15.6. The summed E-state index contributed by atoms with van der Waals surface area (Å²) in [5, 5.41) is 3.19. The van der Waals surface area contributed by atoms with Gasteiger partial charge in [-0.25, -0.2) is 9.59 Å². The molecule has 0 aromatic heterocycles. The smallest absolute Gasteiger partial charge is 0.350 e. The van der Waals surface area contributed by atoms with Gasteiger partial charge in [-0.2, -0.15) is 0 Å². The van der Waals surface area contributed by atoms with E-state index in [0.717, 1.165) is 0 Å². The molecule has 0 unspecified atom stereocenters. The summed E-state index contributed by atoms with van der Waals surface area (Å²) in [4.78, 5) is 23.5. The predicted molar refractivity (Wildman–Crippen MR) is 76.0 cm³/mol. The predicted octanol–water partition coefficient (Wildman–Crippen LogP) is 2.48. The van der Waals surface area contributed by atoms with Crippen molar-refractivity contribution in [3.05, 3.63) is 35.0 Å². The first kappa shape index (κ1) is 15.2. The SMILES string of the molecule is COc1ccc(NC=C2C(=O)OC(C)(C)OC2=O)cc1Cl. The van der Waals surface area contributed by atoms with Crippen LogP contribution in [0.25, 0.3) is 0 Å². The number of halogens is 1. The van der Waals surface area contributed by atoms with Gasteiger partial charge in [0.2, 0.25) is 0 Å². The van der Waals surface area contributed by atoms with Gasteiger partial charge in [-0.15, -0.1) is 0 Å². The lowest BCUT2D eigenvalue weighted by Gasteiger charge is -2.29. The van der Waals surface area contributed by atoms with Crippen LogP contribution in [-0.4, -0.2) is 24.8 Å². The molecule has 1 heterocycles. The van der Waals surface area contributed by atoms with E-state index in [9.17, 15) is 9.59 Å². The van der Waals surface area contributed by atoms with Crippen LogP contribution in [0.4, 0.5) is 5.69 Å². The molecule has 1 saturated heterocycles. The van der Waals surface area contributed by atoms with Gasteiger partial charge >= 0.3 is 11.9 Å². The number of anilines is 1. The lowest BCUT2D eigenvalue weighted by Crippen LogP contribution is -2.42. The van der Waals surface area contributed by atoms with E-state index in [0.29, 0.717) is 16.5 Å². The Balaban J connectivity index is 2.16. The van der Waals surface area contributed by atoms with Gasteiger partial charge in [0.05, 0.1) is 12.1 Å². The molecule has 1 aliphatic heterocycles. The van der Waals surface area contributed by atoms with Crippen LogP contribution in [0.15, 0.2) is 30.0 Å². The van der Waals surface area contributed by atoms with Gasteiger partial charge < -0.3 is 19.5 Å². The van der Waals surface area contributed by atoms with Crippen molar-refractivity contribution in [3.8, 4) is 5.75 Å². The third kappa shape index (κ3) is 3.46. The monoisotopic (exact) mass is 311 g/mol. The Morgan fingerprint density at radius 1 is 1.24 bits per heavy atom. The lowest BCUT2D eigenvalue weighted by molar-refractivity contribution is -0.222. The van der Waals surface area contributed by atoms with Crippen LogP contribution in [0.2, 0.25) is 5.02 Å². The van der Waals surface area contributed by atoms with Crippen LogP contribution < -0.4 is 10.1 Å². The fourth-order valence-electron chi connectivity index (χ4n) is 1.69. The number of carbonyl (C=O) groups is 2. The zero-order valence-corrected chi connectivity index (χ0v) is 12.5. The Bertz CT molecular complexity index is 602. The number of ether oxygens (including phenoxy) is 3. The Morgan fingerprint density at radius 3 is 2.38 bits per heavy atom. The van der Waals surface area contributed by atoms with Gasteiger partial charge in [-0.05, 0) is 18.2 Å². The van der Waals surface area contributed by atoms with Gasteiger partial charge in [-0.1, -0.05) is 11.6 Å². The van der Waals surface area contributed by atoms with Crippen LogP contribution >= 0.6 is 11.6 Å². The van der Waals surface area contributed by atoms with E-state index in [-0.39, 0.29) is 5.57 Å². The van der Waals surface area contributed by atoms with Crippen LogP contribution in [0.5, 0.6) is 5.75 Å². The minimum atomic E-state index is -1.26. The van der Waals surface area contributed by atoms with Crippen molar-refractivity contribution in [2.45, 2.75) is 19.6 Å². The van der Waals surface area contributed by atoms with Crippen molar-refractivity contribution >= 4 is 29.2 Å². The molecule has 0 radical (unpaired) electrons. The van der Waals surface area contributed by atoms with E-state index < -0.39 is 17.7 Å². The van der Waals surface area contributed by atoms with Crippen LogP contribution in [0, 0.1) is 0 Å². The molecule has 0 amide bonds. The quantitative estimate of drug-likeness (QED) is 0.525. The fraction of sp³-hybridized carbons (Fsp3) is 0.286. The number of hydrogen-bond acceptors (Lipinski definition) is 6. The Labute approximate surface area is 126 Å². The minimum Gasteiger partial charge on any atom is -0.495 e. The maximum Gasteiger partial charge on any atom is 0.350 e. The number of nitrogens with one attached hydrogen (secondary N) is 1. The molecule has 0 aliphatic carbocycles. The van der Waals surface area contributed by atoms with Crippen LogP contribution in [-0.2, 0) is 19.1 Å². The minimum absolute atomic E-state index is 0.221. The molecule has 1 aliphatic rings. The second kappa shape index (κ2) is 5.65. The largest absolute Gasteiger partial charge is 0.495 e. The van der Waals surface area contributed by atoms with Crippen LogP contribution in [0.3, 0.4) is 0 Å². The van der Waals surface area contributed by atoms with E-state index >= 15 is 0 Å². The second-order valence-electron chi connectivity index (χ2n) is 4.73. The van der Waals surface area contributed by atoms with E-state index in [1.165, 1.54) is 27.2 Å². The van der Waals surface area contributed by atoms with E-state index in [1.54, 1.807) is 18.2 Å². The standard InChI is InChI=1S/C14H14ClNO5/c1-14(2)20-12(17)9(13(18)21-14)7-16-8-4-5-11(19-3)10(15)6-8/h4-7,16H,1-3H3. The van der Waals surface area contributed by atoms with Crippen molar-refractivity contribution in [1.82, 2.24) is 0 Å². The molecule has 1 aromatic carbocycles. The first-order valence-electron chi connectivity index (χ1n) is 6.09.